The van der Waals surface area contributed by atoms with E-state index in [4.69, 9.17) is 4.42 Å². The molecule has 7 nitrogen and oxygen atoms in total. The van der Waals surface area contributed by atoms with Crippen molar-refractivity contribution in [2.45, 2.75) is 36.5 Å². The number of hydrogen-bond acceptors (Lipinski definition) is 7. The van der Waals surface area contributed by atoms with Crippen molar-refractivity contribution < 1.29 is 17.6 Å². The molecule has 3 aromatic heterocycles. The van der Waals surface area contributed by atoms with Crippen molar-refractivity contribution in [3.8, 4) is 23.0 Å². The Kier molecular flexibility index (Phi) is 6.51. The first kappa shape index (κ1) is 25.1. The van der Waals surface area contributed by atoms with Crippen LogP contribution in [-0.4, -0.2) is 55.0 Å². The molecule has 1 saturated heterocycles. The highest BCUT2D eigenvalue weighted by Crippen LogP contribution is 2.64. The number of thioether (sulfide) groups is 1. The molecule has 1 spiro atoms. The van der Waals surface area contributed by atoms with E-state index in [1.54, 1.807) is 42.5 Å². The Bertz CT molecular complexity index is 1400. The molecule has 4 aromatic rings. The molecule has 0 amide bonds. The predicted molar refractivity (Wildman–Crippen MR) is 137 cm³/mol. The largest absolute Gasteiger partial charge is 0.433 e. The van der Waals surface area contributed by atoms with E-state index in [2.05, 4.69) is 25.1 Å². The standard InChI is InChI=1S/C27H27F3N6OS/c1-35-23(22-16-32-24(37-22)19-4-2-10-31-15-19)33-34-25(35)38-13-3-11-36-12-9-26(17-36)14-21(26)18-5-7-20(8-6-18)27(28,29)30/h2,4-8,10,15-16,21H,3,9,11-14,17H2,1H3. The molecule has 1 aliphatic heterocycles. The van der Waals surface area contributed by atoms with Crippen LogP contribution in [0.5, 0.6) is 0 Å². The average Bonchev–Trinajstić information content (AvgIpc) is 3.25. The van der Waals surface area contributed by atoms with E-state index in [1.807, 2.05) is 23.7 Å². The van der Waals surface area contributed by atoms with Crippen LogP contribution in [-0.2, 0) is 13.2 Å². The van der Waals surface area contributed by atoms with Gasteiger partial charge in [0, 0.05) is 31.7 Å². The number of nitrogens with zero attached hydrogens (tertiary/aromatic N) is 6. The SMILES string of the molecule is Cn1c(SCCCN2CCC3(CC3c3ccc(C(F)(F)F)cc3)C2)nnc1-c1cnc(-c2cccnc2)o1. The maximum atomic E-state index is 12.9. The van der Waals surface area contributed by atoms with Crippen LogP contribution >= 0.6 is 11.8 Å². The first-order valence-corrected chi connectivity index (χ1v) is 13.6. The van der Waals surface area contributed by atoms with E-state index >= 15 is 0 Å². The van der Waals surface area contributed by atoms with Crippen molar-refractivity contribution in [2.75, 3.05) is 25.4 Å². The van der Waals surface area contributed by atoms with Gasteiger partial charge in [0.05, 0.1) is 17.3 Å². The van der Waals surface area contributed by atoms with Gasteiger partial charge < -0.3 is 13.9 Å². The number of likely N-dealkylation sites (tertiary alicyclic amines) is 1. The number of benzene rings is 1. The number of halogens is 3. The van der Waals surface area contributed by atoms with Crippen LogP contribution in [0, 0.1) is 5.41 Å². The van der Waals surface area contributed by atoms with Crippen LogP contribution in [0.2, 0.25) is 0 Å². The fourth-order valence-corrected chi connectivity index (χ4v) is 6.29. The van der Waals surface area contributed by atoms with Crippen LogP contribution in [0.25, 0.3) is 23.0 Å². The monoisotopic (exact) mass is 540 g/mol. The summed E-state index contributed by atoms with van der Waals surface area (Å²) in [6.45, 7) is 3.05. The maximum absolute atomic E-state index is 12.9. The average molecular weight is 541 g/mol. The molecule has 4 heterocycles. The molecule has 2 atom stereocenters. The third kappa shape index (κ3) is 4.96. The topological polar surface area (TPSA) is 72.9 Å². The zero-order valence-electron chi connectivity index (χ0n) is 20.9. The normalized spacial score (nSPS) is 21.4. The highest BCUT2D eigenvalue weighted by Gasteiger charge is 2.57. The summed E-state index contributed by atoms with van der Waals surface area (Å²) in [5.74, 6) is 2.95. The van der Waals surface area contributed by atoms with E-state index in [0.717, 1.165) is 60.9 Å². The number of rotatable bonds is 8. The Morgan fingerprint density at radius 1 is 1.13 bits per heavy atom. The molecule has 1 aliphatic carbocycles. The van der Waals surface area contributed by atoms with Gasteiger partial charge in [-0.3, -0.25) is 4.98 Å². The van der Waals surface area contributed by atoms with Crippen molar-refractivity contribution in [2.24, 2.45) is 12.5 Å². The first-order chi connectivity index (χ1) is 18.3. The predicted octanol–water partition coefficient (Wildman–Crippen LogP) is 5.91. The lowest BCUT2D eigenvalue weighted by molar-refractivity contribution is -0.137. The fourth-order valence-electron chi connectivity index (χ4n) is 5.46. The minimum absolute atomic E-state index is 0.233. The Balaban J connectivity index is 0.981. The lowest BCUT2D eigenvalue weighted by atomic mass is 9.97. The minimum atomic E-state index is -4.28. The number of pyridine rings is 1. The second-order valence-corrected chi connectivity index (χ2v) is 11.2. The number of hydrogen-bond donors (Lipinski definition) is 0. The zero-order valence-corrected chi connectivity index (χ0v) is 21.7. The van der Waals surface area contributed by atoms with Crippen LogP contribution in [0.3, 0.4) is 0 Å². The quantitative estimate of drug-likeness (QED) is 0.203. The molecule has 6 rings (SSSR count). The highest BCUT2D eigenvalue weighted by molar-refractivity contribution is 7.99. The number of aromatic nitrogens is 5. The van der Waals surface area contributed by atoms with Crippen molar-refractivity contribution in [1.29, 1.82) is 0 Å². The van der Waals surface area contributed by atoms with Gasteiger partial charge in [0.1, 0.15) is 0 Å². The first-order valence-electron chi connectivity index (χ1n) is 12.6. The Labute approximate surface area is 222 Å². The fraction of sp³-hybridized carbons (Fsp3) is 0.407. The van der Waals surface area contributed by atoms with E-state index in [9.17, 15) is 13.2 Å². The summed E-state index contributed by atoms with van der Waals surface area (Å²) in [5, 5.41) is 9.46. The van der Waals surface area contributed by atoms with Crippen LogP contribution < -0.4 is 0 Å². The van der Waals surface area contributed by atoms with Gasteiger partial charge in [-0.1, -0.05) is 23.9 Å². The van der Waals surface area contributed by atoms with Gasteiger partial charge in [-0.05, 0) is 73.5 Å². The summed E-state index contributed by atoms with van der Waals surface area (Å²) < 4.78 is 46.4. The van der Waals surface area contributed by atoms with Crippen molar-refractivity contribution in [3.63, 3.8) is 0 Å². The van der Waals surface area contributed by atoms with Gasteiger partial charge in [-0.25, -0.2) is 4.98 Å². The van der Waals surface area contributed by atoms with Crippen molar-refractivity contribution >= 4 is 11.8 Å². The van der Waals surface area contributed by atoms with Gasteiger partial charge >= 0.3 is 6.18 Å². The van der Waals surface area contributed by atoms with Crippen LogP contribution in [0.15, 0.2) is 64.6 Å². The molecule has 2 fully saturated rings. The minimum Gasteiger partial charge on any atom is -0.433 e. The molecule has 2 aliphatic rings. The van der Waals surface area contributed by atoms with E-state index in [0.29, 0.717) is 23.4 Å². The molecule has 11 heteroatoms. The smallest absolute Gasteiger partial charge is 0.416 e. The third-order valence-electron chi connectivity index (χ3n) is 7.61. The molecular formula is C27H27F3N6OS. The van der Waals surface area contributed by atoms with Crippen molar-refractivity contribution in [3.05, 3.63) is 66.1 Å². The lowest BCUT2D eigenvalue weighted by Gasteiger charge is -2.16. The molecule has 198 valence electrons. The highest BCUT2D eigenvalue weighted by atomic mass is 32.2. The molecule has 0 bridgehead atoms. The van der Waals surface area contributed by atoms with Gasteiger partial charge in [-0.15, -0.1) is 10.2 Å². The van der Waals surface area contributed by atoms with Crippen molar-refractivity contribution in [1.82, 2.24) is 29.6 Å². The molecule has 0 N–H and O–H groups in total. The Morgan fingerprint density at radius 3 is 2.74 bits per heavy atom. The third-order valence-corrected chi connectivity index (χ3v) is 8.72. The Hall–Kier alpha value is -3.18. The second-order valence-electron chi connectivity index (χ2n) is 10.1. The molecule has 2 unspecified atom stereocenters. The van der Waals surface area contributed by atoms with Crippen LogP contribution in [0.4, 0.5) is 13.2 Å². The van der Waals surface area contributed by atoms with E-state index in [-0.39, 0.29) is 5.41 Å². The number of alkyl halides is 3. The molecule has 1 aromatic carbocycles. The molecular weight excluding hydrogens is 513 g/mol. The molecule has 1 saturated carbocycles. The maximum Gasteiger partial charge on any atom is 0.416 e. The lowest BCUT2D eigenvalue weighted by Crippen LogP contribution is -2.23. The van der Waals surface area contributed by atoms with E-state index < -0.39 is 11.7 Å². The summed E-state index contributed by atoms with van der Waals surface area (Å²) in [4.78, 5) is 10.9. The number of oxazole rings is 1. The summed E-state index contributed by atoms with van der Waals surface area (Å²) >= 11 is 1.66. The Morgan fingerprint density at radius 2 is 1.97 bits per heavy atom. The van der Waals surface area contributed by atoms with E-state index in [1.165, 1.54) is 12.1 Å². The molecule has 38 heavy (non-hydrogen) atoms. The van der Waals surface area contributed by atoms with Gasteiger partial charge in [-0.2, -0.15) is 13.2 Å². The van der Waals surface area contributed by atoms with Crippen LogP contribution in [0.1, 0.15) is 36.3 Å². The zero-order chi connectivity index (χ0) is 26.3. The van der Waals surface area contributed by atoms with Gasteiger partial charge in [0.2, 0.25) is 11.7 Å². The molecule has 0 radical (unpaired) electrons. The summed E-state index contributed by atoms with van der Waals surface area (Å²) in [5.41, 5.74) is 1.49. The second kappa shape index (κ2) is 9.85. The summed E-state index contributed by atoms with van der Waals surface area (Å²) in [6.07, 6.45) is 3.96. The summed E-state index contributed by atoms with van der Waals surface area (Å²) in [7, 11) is 1.92. The van der Waals surface area contributed by atoms with Gasteiger partial charge in [0.15, 0.2) is 10.9 Å². The summed E-state index contributed by atoms with van der Waals surface area (Å²) in [6, 6.07) is 9.47. The van der Waals surface area contributed by atoms with Gasteiger partial charge in [0.25, 0.3) is 0 Å².